The van der Waals surface area contributed by atoms with Crippen LogP contribution in [0.1, 0.15) is 90.2 Å². The first-order valence-electron chi connectivity index (χ1n) is 20.4. The predicted octanol–water partition coefficient (Wildman–Crippen LogP) is 6.06. The van der Waals surface area contributed by atoms with Crippen LogP contribution in [0.3, 0.4) is 0 Å². The molecule has 0 radical (unpaired) electrons. The number of carbonyl (C=O) groups is 2. The van der Waals surface area contributed by atoms with Gasteiger partial charge in [0.15, 0.2) is 0 Å². The minimum atomic E-state index is -1.26. The number of rotatable bonds is 24. The van der Waals surface area contributed by atoms with Gasteiger partial charge in [0.2, 0.25) is 0 Å². The zero-order chi connectivity index (χ0) is 41.0. The van der Waals surface area contributed by atoms with Crippen LogP contribution in [0.25, 0.3) is 0 Å². The SMILES string of the molecule is CC(C)NCC(O)COc1ccc(CCOCC2CCCC2)cc1.CC(C)NCC(O)COc1ccc(CCOCC2CCCC2)cc1.O=C(O)/C=C/C(=O)O. The first kappa shape index (κ1) is 48.6. The van der Waals surface area contributed by atoms with E-state index in [1.165, 1.54) is 62.5 Å². The molecule has 2 aliphatic carbocycles. The lowest BCUT2D eigenvalue weighted by atomic mass is 10.1. The average Bonchev–Trinajstić information content (AvgIpc) is 3.91. The van der Waals surface area contributed by atoms with E-state index >= 15 is 0 Å². The van der Waals surface area contributed by atoms with Crippen molar-refractivity contribution in [1.29, 1.82) is 0 Å². The fourth-order valence-electron chi connectivity index (χ4n) is 6.13. The van der Waals surface area contributed by atoms with E-state index in [1.54, 1.807) is 0 Å². The Morgan fingerprint density at radius 2 is 0.964 bits per heavy atom. The molecule has 0 aromatic heterocycles. The van der Waals surface area contributed by atoms with Crippen molar-refractivity contribution in [3.63, 3.8) is 0 Å². The molecule has 316 valence electrons. The van der Waals surface area contributed by atoms with Crippen molar-refractivity contribution in [2.75, 3.05) is 52.7 Å². The van der Waals surface area contributed by atoms with E-state index in [0.29, 0.717) is 50.5 Å². The molecule has 2 unspecified atom stereocenters. The maximum Gasteiger partial charge on any atom is 0.328 e. The van der Waals surface area contributed by atoms with Crippen molar-refractivity contribution >= 4 is 11.9 Å². The molecule has 0 heterocycles. The van der Waals surface area contributed by atoms with Crippen LogP contribution in [0.2, 0.25) is 0 Å². The molecule has 2 saturated carbocycles. The minimum absolute atomic E-state index is 0.309. The molecule has 2 fully saturated rings. The van der Waals surface area contributed by atoms with Gasteiger partial charge in [0, 0.05) is 50.5 Å². The number of hydrogen-bond acceptors (Lipinski definition) is 10. The lowest BCUT2D eigenvalue weighted by Gasteiger charge is -2.15. The van der Waals surface area contributed by atoms with Crippen molar-refractivity contribution in [1.82, 2.24) is 10.6 Å². The summed E-state index contributed by atoms with van der Waals surface area (Å²) in [5.74, 6) is 0.665. The first-order chi connectivity index (χ1) is 26.9. The van der Waals surface area contributed by atoms with Crippen molar-refractivity contribution in [3.8, 4) is 11.5 Å². The van der Waals surface area contributed by atoms with Crippen molar-refractivity contribution in [2.45, 2.75) is 116 Å². The fraction of sp³-hybridized carbons (Fsp3) is 0.636. The van der Waals surface area contributed by atoms with Crippen molar-refractivity contribution in [2.24, 2.45) is 11.8 Å². The molecule has 2 aromatic carbocycles. The number of aliphatic hydroxyl groups excluding tert-OH is 2. The van der Waals surface area contributed by atoms with Gasteiger partial charge in [-0.1, -0.05) is 77.6 Å². The number of hydrogen-bond donors (Lipinski definition) is 6. The van der Waals surface area contributed by atoms with Crippen LogP contribution in [0, 0.1) is 11.8 Å². The lowest BCUT2D eigenvalue weighted by Crippen LogP contribution is -2.35. The van der Waals surface area contributed by atoms with E-state index in [2.05, 4.69) is 62.6 Å². The maximum atomic E-state index is 9.84. The highest BCUT2D eigenvalue weighted by atomic mass is 16.5. The van der Waals surface area contributed by atoms with E-state index < -0.39 is 24.1 Å². The van der Waals surface area contributed by atoms with Crippen LogP contribution in [0.15, 0.2) is 60.7 Å². The highest BCUT2D eigenvalue weighted by Gasteiger charge is 2.15. The van der Waals surface area contributed by atoms with Gasteiger partial charge in [-0.3, -0.25) is 0 Å². The van der Waals surface area contributed by atoms with E-state index in [9.17, 15) is 19.8 Å². The van der Waals surface area contributed by atoms with E-state index in [1.807, 2.05) is 24.3 Å². The van der Waals surface area contributed by atoms with Crippen LogP contribution >= 0.6 is 0 Å². The number of aliphatic carboxylic acids is 2. The van der Waals surface area contributed by atoms with Crippen molar-refractivity contribution < 1.29 is 49.0 Å². The van der Waals surface area contributed by atoms with Crippen LogP contribution < -0.4 is 20.1 Å². The molecule has 2 aromatic rings. The predicted molar refractivity (Wildman–Crippen MR) is 220 cm³/mol. The summed E-state index contributed by atoms with van der Waals surface area (Å²) in [6.07, 6.45) is 12.9. The molecule has 12 nitrogen and oxygen atoms in total. The Bertz CT molecular complexity index is 1220. The van der Waals surface area contributed by atoms with Gasteiger partial charge in [-0.2, -0.15) is 0 Å². The van der Waals surface area contributed by atoms with E-state index in [4.69, 9.17) is 29.2 Å². The molecule has 12 heteroatoms. The minimum Gasteiger partial charge on any atom is -0.491 e. The maximum absolute atomic E-state index is 9.84. The van der Waals surface area contributed by atoms with Crippen LogP contribution in [-0.4, -0.2) is 109 Å². The van der Waals surface area contributed by atoms with Gasteiger partial charge in [-0.25, -0.2) is 9.59 Å². The standard InChI is InChI=1S/2C20H33NO3.C4H4O4/c2*1-16(2)21-13-19(22)15-24-20-9-7-17(8-10-20)11-12-23-14-18-5-3-4-6-18;5-3(6)1-2-4(7)8/h2*7-10,16,18-19,21-22H,3-6,11-15H2,1-2H3;1-2H,(H,5,6)(H,7,8)/b;;2-1+. The molecule has 0 spiro atoms. The molecule has 2 aliphatic rings. The summed E-state index contributed by atoms with van der Waals surface area (Å²) >= 11 is 0. The zero-order valence-electron chi connectivity index (χ0n) is 34.2. The number of nitrogens with one attached hydrogen (secondary N) is 2. The normalized spacial score (nSPS) is 15.6. The molecule has 2 atom stereocenters. The second kappa shape index (κ2) is 29.7. The smallest absolute Gasteiger partial charge is 0.328 e. The number of benzene rings is 2. The summed E-state index contributed by atoms with van der Waals surface area (Å²) in [6, 6.07) is 16.9. The summed E-state index contributed by atoms with van der Waals surface area (Å²) in [4.78, 5) is 19.1. The summed E-state index contributed by atoms with van der Waals surface area (Å²) in [5, 5.41) is 41.7. The molecule has 0 saturated heterocycles. The number of ether oxygens (including phenoxy) is 4. The Morgan fingerprint density at radius 1 is 0.625 bits per heavy atom. The van der Waals surface area contributed by atoms with Gasteiger partial charge in [-0.05, 0) is 85.8 Å². The Morgan fingerprint density at radius 3 is 1.27 bits per heavy atom. The molecule has 6 N–H and O–H groups in total. The Labute approximate surface area is 335 Å². The topological polar surface area (TPSA) is 176 Å². The quantitative estimate of drug-likeness (QED) is 0.0537. The van der Waals surface area contributed by atoms with Gasteiger partial charge in [0.05, 0.1) is 13.2 Å². The van der Waals surface area contributed by atoms with Gasteiger partial charge < -0.3 is 50.0 Å². The van der Waals surface area contributed by atoms with Crippen LogP contribution in [0.4, 0.5) is 0 Å². The zero-order valence-corrected chi connectivity index (χ0v) is 34.2. The molecular formula is C44H70N2O10. The van der Waals surface area contributed by atoms with Crippen LogP contribution in [0.5, 0.6) is 11.5 Å². The molecule has 0 bridgehead atoms. The van der Waals surface area contributed by atoms with Gasteiger partial charge in [0.1, 0.15) is 36.9 Å². The first-order valence-corrected chi connectivity index (χ1v) is 20.4. The highest BCUT2D eigenvalue weighted by Crippen LogP contribution is 2.25. The summed E-state index contributed by atoms with van der Waals surface area (Å²) < 4.78 is 22.9. The number of carboxylic acid groups (broad SMARTS) is 2. The van der Waals surface area contributed by atoms with Crippen molar-refractivity contribution in [3.05, 3.63) is 71.8 Å². The molecule has 0 aliphatic heterocycles. The highest BCUT2D eigenvalue weighted by molar-refractivity contribution is 5.89. The van der Waals surface area contributed by atoms with Crippen LogP contribution in [-0.2, 0) is 31.9 Å². The summed E-state index contributed by atoms with van der Waals surface area (Å²) in [5.41, 5.74) is 2.52. The van der Waals surface area contributed by atoms with Gasteiger partial charge in [0.25, 0.3) is 0 Å². The van der Waals surface area contributed by atoms with E-state index in [0.717, 1.165) is 62.6 Å². The second-order valence-electron chi connectivity index (χ2n) is 15.3. The number of carboxylic acids is 2. The third-order valence-corrected chi connectivity index (χ3v) is 9.35. The second-order valence-corrected chi connectivity index (χ2v) is 15.3. The largest absolute Gasteiger partial charge is 0.491 e. The fourth-order valence-corrected chi connectivity index (χ4v) is 6.13. The third-order valence-electron chi connectivity index (χ3n) is 9.35. The molecule has 4 rings (SSSR count). The monoisotopic (exact) mass is 787 g/mol. The Kier molecular flexibility index (Phi) is 25.8. The molecular weight excluding hydrogens is 716 g/mol. The Hall–Kier alpha value is -3.52. The lowest BCUT2D eigenvalue weighted by molar-refractivity contribution is -0.134. The van der Waals surface area contributed by atoms with E-state index in [-0.39, 0.29) is 0 Å². The summed E-state index contributed by atoms with van der Waals surface area (Å²) in [6.45, 7) is 13.4. The third kappa shape index (κ3) is 25.6. The van der Waals surface area contributed by atoms with Gasteiger partial charge >= 0.3 is 11.9 Å². The number of aliphatic hydroxyl groups is 2. The van der Waals surface area contributed by atoms with Gasteiger partial charge in [-0.15, -0.1) is 0 Å². The molecule has 56 heavy (non-hydrogen) atoms. The molecule has 0 amide bonds. The Balaban J connectivity index is 0.000000325. The average molecular weight is 787 g/mol. The summed E-state index contributed by atoms with van der Waals surface area (Å²) in [7, 11) is 0.